The minimum atomic E-state index is -3.77. The number of para-hydroxylation sites is 1. The highest BCUT2D eigenvalue weighted by Crippen LogP contribution is 2.37. The number of benzene rings is 1. The number of carbonyl (C=O) groups excluding carboxylic acids is 1. The third-order valence-corrected chi connectivity index (χ3v) is 10.1. The highest BCUT2D eigenvalue weighted by molar-refractivity contribution is 7.91. The summed E-state index contributed by atoms with van der Waals surface area (Å²) in [6.45, 7) is 2.90. The van der Waals surface area contributed by atoms with Crippen LogP contribution in [0.4, 0.5) is 5.13 Å². The molecular weight excluding hydrogens is 504 g/mol. The molecule has 8 nitrogen and oxygen atoms in total. The number of nitrogens with zero attached hydrogens (tertiary/aromatic N) is 4. The fourth-order valence-corrected chi connectivity index (χ4v) is 7.93. The molecule has 1 unspecified atom stereocenters. The van der Waals surface area contributed by atoms with Crippen molar-refractivity contribution >= 4 is 54.0 Å². The van der Waals surface area contributed by atoms with E-state index in [1.807, 2.05) is 43.3 Å². The quantitative estimate of drug-likeness (QED) is 0.333. The van der Waals surface area contributed by atoms with Gasteiger partial charge in [0.1, 0.15) is 21.5 Å². The Kier molecular flexibility index (Phi) is 6.83. The van der Waals surface area contributed by atoms with Crippen molar-refractivity contribution in [3.8, 4) is 5.75 Å². The Hall–Kier alpha value is -2.86. The molecule has 0 saturated carbocycles. The molecule has 1 aromatic carbocycles. The van der Waals surface area contributed by atoms with Gasteiger partial charge in [0.05, 0.1) is 23.5 Å². The molecule has 1 amide bonds. The predicted octanol–water partition coefficient (Wildman–Crippen LogP) is 4.54. The molecule has 0 radical (unpaired) electrons. The summed E-state index contributed by atoms with van der Waals surface area (Å²) in [5.41, 5.74) is 1.37. The van der Waals surface area contributed by atoms with E-state index in [1.54, 1.807) is 28.6 Å². The number of pyridine rings is 1. The van der Waals surface area contributed by atoms with Gasteiger partial charge in [-0.15, -0.1) is 11.3 Å². The van der Waals surface area contributed by atoms with Crippen LogP contribution in [0.25, 0.3) is 10.2 Å². The zero-order chi connectivity index (χ0) is 24.4. The number of ether oxygens (including phenoxy) is 1. The molecule has 0 spiro atoms. The Morgan fingerprint density at radius 3 is 2.83 bits per heavy atom. The number of thiazole rings is 1. The van der Waals surface area contributed by atoms with Crippen molar-refractivity contribution in [2.45, 2.75) is 36.6 Å². The maximum atomic E-state index is 14.0. The number of anilines is 1. The van der Waals surface area contributed by atoms with Crippen LogP contribution in [-0.4, -0.2) is 47.8 Å². The van der Waals surface area contributed by atoms with Gasteiger partial charge in [-0.25, -0.2) is 13.4 Å². The minimum absolute atomic E-state index is 0.187. The van der Waals surface area contributed by atoms with Crippen LogP contribution in [0, 0.1) is 0 Å². The van der Waals surface area contributed by atoms with Gasteiger partial charge >= 0.3 is 0 Å². The van der Waals surface area contributed by atoms with Crippen LogP contribution in [0.3, 0.4) is 0 Å². The summed E-state index contributed by atoms with van der Waals surface area (Å²) in [5, 5.41) is 2.22. The van der Waals surface area contributed by atoms with Gasteiger partial charge in [-0.05, 0) is 55.5 Å². The Balaban J connectivity index is 1.54. The van der Waals surface area contributed by atoms with Crippen molar-refractivity contribution in [2.24, 2.45) is 0 Å². The molecule has 4 heterocycles. The molecule has 182 valence electrons. The van der Waals surface area contributed by atoms with E-state index in [2.05, 4.69) is 4.98 Å². The molecule has 0 bridgehead atoms. The first-order valence-electron chi connectivity index (χ1n) is 11.3. The standard InChI is InChI=1S/C24H24N4O4S3/c1-2-32-19-10-5-11-20-22(19)26-24(34-20)27(16-17-8-3-4-13-25-17)23(29)18-9-6-14-28(18)35(30,31)21-12-7-15-33-21/h3-5,7-8,10-13,15,18H,2,6,9,14,16H2,1H3. The number of sulfonamides is 1. The topological polar surface area (TPSA) is 92.7 Å². The highest BCUT2D eigenvalue weighted by atomic mass is 32.2. The molecule has 3 aromatic heterocycles. The number of amides is 1. The van der Waals surface area contributed by atoms with E-state index in [9.17, 15) is 13.2 Å². The molecule has 4 aromatic rings. The van der Waals surface area contributed by atoms with Crippen molar-refractivity contribution < 1.29 is 17.9 Å². The number of carbonyl (C=O) groups is 1. The van der Waals surface area contributed by atoms with Gasteiger partial charge in [-0.1, -0.05) is 29.5 Å². The Labute approximate surface area is 211 Å². The van der Waals surface area contributed by atoms with Gasteiger partial charge in [0, 0.05) is 12.7 Å². The summed E-state index contributed by atoms with van der Waals surface area (Å²) in [4.78, 5) is 24.7. The highest BCUT2D eigenvalue weighted by Gasteiger charge is 2.42. The number of aromatic nitrogens is 2. The van der Waals surface area contributed by atoms with Crippen LogP contribution in [-0.2, 0) is 21.4 Å². The van der Waals surface area contributed by atoms with Crippen molar-refractivity contribution in [1.82, 2.24) is 14.3 Å². The average Bonchev–Trinajstić information content (AvgIpc) is 3.64. The number of fused-ring (bicyclic) bond motifs is 1. The maximum Gasteiger partial charge on any atom is 0.253 e. The zero-order valence-electron chi connectivity index (χ0n) is 19.0. The van der Waals surface area contributed by atoms with E-state index < -0.39 is 16.1 Å². The average molecular weight is 529 g/mol. The molecule has 35 heavy (non-hydrogen) atoms. The maximum absolute atomic E-state index is 14.0. The first-order chi connectivity index (χ1) is 17.0. The lowest BCUT2D eigenvalue weighted by atomic mass is 10.2. The molecule has 1 atom stereocenters. The van der Waals surface area contributed by atoms with Crippen LogP contribution in [0.2, 0.25) is 0 Å². The van der Waals surface area contributed by atoms with E-state index in [-0.39, 0.29) is 16.7 Å². The number of rotatable bonds is 8. The fourth-order valence-electron chi connectivity index (χ4n) is 4.17. The third kappa shape index (κ3) is 4.68. The molecule has 0 aliphatic carbocycles. The molecular formula is C24H24N4O4S3. The second-order valence-electron chi connectivity index (χ2n) is 7.98. The normalized spacial score (nSPS) is 16.5. The summed E-state index contributed by atoms with van der Waals surface area (Å²) in [6.07, 6.45) is 2.75. The van der Waals surface area contributed by atoms with Gasteiger partial charge in [0.2, 0.25) is 5.91 Å². The number of thiophene rings is 1. The first-order valence-corrected chi connectivity index (χ1v) is 14.4. The van der Waals surface area contributed by atoms with E-state index in [4.69, 9.17) is 9.72 Å². The lowest BCUT2D eigenvalue weighted by molar-refractivity contribution is -0.121. The molecule has 1 fully saturated rings. The Morgan fingerprint density at radius 2 is 2.09 bits per heavy atom. The van der Waals surface area contributed by atoms with Gasteiger partial charge in [-0.3, -0.25) is 14.7 Å². The van der Waals surface area contributed by atoms with Crippen LogP contribution in [0.15, 0.2) is 64.3 Å². The lowest BCUT2D eigenvalue weighted by Crippen LogP contribution is -2.47. The van der Waals surface area contributed by atoms with Crippen LogP contribution >= 0.6 is 22.7 Å². The van der Waals surface area contributed by atoms with Gasteiger partial charge in [-0.2, -0.15) is 4.31 Å². The molecule has 5 rings (SSSR count). The van der Waals surface area contributed by atoms with Crippen LogP contribution in [0.1, 0.15) is 25.5 Å². The number of hydrogen-bond donors (Lipinski definition) is 0. The van der Waals surface area contributed by atoms with E-state index in [1.165, 1.54) is 15.6 Å². The smallest absolute Gasteiger partial charge is 0.253 e. The van der Waals surface area contributed by atoms with Crippen molar-refractivity contribution in [2.75, 3.05) is 18.1 Å². The summed E-state index contributed by atoms with van der Waals surface area (Å²) >= 11 is 2.54. The summed E-state index contributed by atoms with van der Waals surface area (Å²) in [7, 11) is -3.77. The second kappa shape index (κ2) is 10.0. The van der Waals surface area contributed by atoms with Gasteiger partial charge in [0.15, 0.2) is 5.13 Å². The largest absolute Gasteiger partial charge is 0.492 e. The summed E-state index contributed by atoms with van der Waals surface area (Å²) in [6, 6.07) is 13.7. The SMILES string of the molecule is CCOc1cccc2sc(N(Cc3ccccn3)C(=O)C3CCCN3S(=O)(=O)c3cccs3)nc12. The van der Waals surface area contributed by atoms with Crippen LogP contribution < -0.4 is 9.64 Å². The number of hydrogen-bond acceptors (Lipinski definition) is 8. The minimum Gasteiger partial charge on any atom is -0.492 e. The Morgan fingerprint density at radius 1 is 1.20 bits per heavy atom. The molecule has 1 saturated heterocycles. The second-order valence-corrected chi connectivity index (χ2v) is 12.1. The summed E-state index contributed by atoms with van der Waals surface area (Å²) < 4.78 is 34.8. The van der Waals surface area contributed by atoms with Crippen molar-refractivity contribution in [3.05, 3.63) is 65.8 Å². The summed E-state index contributed by atoms with van der Waals surface area (Å²) in [5.74, 6) is 0.353. The fraction of sp³-hybridized carbons (Fsp3) is 0.292. The van der Waals surface area contributed by atoms with Crippen molar-refractivity contribution in [1.29, 1.82) is 0 Å². The van der Waals surface area contributed by atoms with E-state index >= 15 is 0 Å². The van der Waals surface area contributed by atoms with Gasteiger partial charge < -0.3 is 4.74 Å². The lowest BCUT2D eigenvalue weighted by Gasteiger charge is -2.28. The Bertz CT molecular complexity index is 1420. The first kappa shape index (κ1) is 23.9. The molecule has 1 aliphatic rings. The predicted molar refractivity (Wildman–Crippen MR) is 137 cm³/mol. The van der Waals surface area contributed by atoms with E-state index in [0.717, 1.165) is 16.0 Å². The monoisotopic (exact) mass is 528 g/mol. The van der Waals surface area contributed by atoms with Crippen LogP contribution in [0.5, 0.6) is 5.75 Å². The van der Waals surface area contributed by atoms with Crippen molar-refractivity contribution in [3.63, 3.8) is 0 Å². The zero-order valence-corrected chi connectivity index (χ0v) is 21.5. The molecule has 11 heteroatoms. The van der Waals surface area contributed by atoms with E-state index in [0.29, 0.717) is 48.1 Å². The third-order valence-electron chi connectivity index (χ3n) is 5.76. The van der Waals surface area contributed by atoms with Gasteiger partial charge in [0.25, 0.3) is 10.0 Å². The molecule has 1 aliphatic heterocycles. The molecule has 0 N–H and O–H groups in total.